The number of nitrogens with zero attached hydrogens (tertiary/aromatic N) is 5. The standard InChI is InChI=1S/C11H13N5O2/c1-15-6-9-7(5-10(15)17)3-4-8(13-14-12)11(18)16(9)2/h5-6,8H,3-4H2,1-2H3. The Balaban J connectivity index is 2.52. The van der Waals surface area contributed by atoms with Crippen molar-refractivity contribution in [1.82, 2.24) is 4.57 Å². The Hall–Kier alpha value is -2.27. The van der Waals surface area contributed by atoms with E-state index in [4.69, 9.17) is 5.53 Å². The van der Waals surface area contributed by atoms with Crippen LogP contribution in [0.25, 0.3) is 10.4 Å². The summed E-state index contributed by atoms with van der Waals surface area (Å²) in [7, 11) is 3.26. The molecule has 0 aliphatic carbocycles. The minimum absolute atomic E-state index is 0.114. The SMILES string of the molecule is CN1C(=O)C(N=[N+]=[N-])CCc2cc(=O)n(C)cc21. The fraction of sp³-hybridized carbons (Fsp3) is 0.455. The molecule has 94 valence electrons. The minimum atomic E-state index is -0.701. The molecule has 1 unspecified atom stereocenters. The van der Waals surface area contributed by atoms with Gasteiger partial charge in [0.1, 0.15) is 6.04 Å². The van der Waals surface area contributed by atoms with Gasteiger partial charge in [-0.1, -0.05) is 5.11 Å². The monoisotopic (exact) mass is 247 g/mol. The van der Waals surface area contributed by atoms with Gasteiger partial charge < -0.3 is 9.47 Å². The zero-order valence-electron chi connectivity index (χ0n) is 10.2. The molecular formula is C11H13N5O2. The smallest absolute Gasteiger partial charge is 0.250 e. The van der Waals surface area contributed by atoms with Crippen LogP contribution in [0.15, 0.2) is 22.2 Å². The van der Waals surface area contributed by atoms with Crippen molar-refractivity contribution in [2.75, 3.05) is 11.9 Å². The maximum Gasteiger partial charge on any atom is 0.250 e. The van der Waals surface area contributed by atoms with Crippen LogP contribution in [0, 0.1) is 0 Å². The first-order chi connectivity index (χ1) is 8.54. The summed E-state index contributed by atoms with van der Waals surface area (Å²) >= 11 is 0. The van der Waals surface area contributed by atoms with Gasteiger partial charge in [-0.15, -0.1) is 0 Å². The third-order valence-electron chi connectivity index (χ3n) is 3.15. The number of likely N-dealkylation sites (N-methyl/N-ethyl adjacent to an activating group) is 1. The second kappa shape index (κ2) is 4.54. The molecule has 1 amide bonds. The predicted molar refractivity (Wildman–Crippen MR) is 66.3 cm³/mol. The van der Waals surface area contributed by atoms with Gasteiger partial charge in [0.25, 0.3) is 5.56 Å². The fourth-order valence-electron chi connectivity index (χ4n) is 2.08. The average molecular weight is 247 g/mol. The van der Waals surface area contributed by atoms with Crippen molar-refractivity contribution in [2.45, 2.75) is 18.9 Å². The molecule has 7 nitrogen and oxygen atoms in total. The summed E-state index contributed by atoms with van der Waals surface area (Å²) in [6.45, 7) is 0. The van der Waals surface area contributed by atoms with Crippen LogP contribution in [-0.4, -0.2) is 23.6 Å². The van der Waals surface area contributed by atoms with E-state index in [1.165, 1.54) is 15.5 Å². The quantitative estimate of drug-likeness (QED) is 0.420. The Morgan fingerprint density at radius 1 is 1.44 bits per heavy atom. The highest BCUT2D eigenvalue weighted by atomic mass is 16.2. The van der Waals surface area contributed by atoms with Crippen molar-refractivity contribution < 1.29 is 4.79 Å². The molecule has 1 atom stereocenters. The Labute approximate surface area is 103 Å². The summed E-state index contributed by atoms with van der Waals surface area (Å²) in [4.78, 5) is 27.8. The molecule has 1 aliphatic heterocycles. The normalized spacial score (nSPS) is 18.9. The molecule has 2 rings (SSSR count). The fourth-order valence-corrected chi connectivity index (χ4v) is 2.08. The van der Waals surface area contributed by atoms with Crippen molar-refractivity contribution >= 4 is 11.6 Å². The van der Waals surface area contributed by atoms with Crippen LogP contribution in [0.5, 0.6) is 0 Å². The maximum absolute atomic E-state index is 12.1. The number of aromatic nitrogens is 1. The van der Waals surface area contributed by atoms with Gasteiger partial charge in [0.2, 0.25) is 5.91 Å². The van der Waals surface area contributed by atoms with E-state index in [0.29, 0.717) is 18.5 Å². The second-order valence-electron chi connectivity index (χ2n) is 4.29. The molecule has 1 aromatic rings. The second-order valence-corrected chi connectivity index (χ2v) is 4.29. The van der Waals surface area contributed by atoms with E-state index >= 15 is 0 Å². The largest absolute Gasteiger partial charge is 0.316 e. The highest BCUT2D eigenvalue weighted by Crippen LogP contribution is 2.25. The topological polar surface area (TPSA) is 91.1 Å². The minimum Gasteiger partial charge on any atom is -0.316 e. The third kappa shape index (κ3) is 1.96. The van der Waals surface area contributed by atoms with Crippen molar-refractivity contribution in [3.8, 4) is 0 Å². The summed E-state index contributed by atoms with van der Waals surface area (Å²) in [5.41, 5.74) is 9.84. The van der Waals surface area contributed by atoms with Gasteiger partial charge in [0, 0.05) is 31.3 Å². The Bertz CT molecular complexity index is 600. The summed E-state index contributed by atoms with van der Waals surface area (Å²) in [5, 5.41) is 3.51. The zero-order valence-corrected chi connectivity index (χ0v) is 10.2. The first-order valence-electron chi connectivity index (χ1n) is 5.56. The molecule has 0 N–H and O–H groups in total. The van der Waals surface area contributed by atoms with Gasteiger partial charge in [-0.25, -0.2) is 0 Å². The van der Waals surface area contributed by atoms with Crippen LogP contribution < -0.4 is 10.5 Å². The molecule has 1 aliphatic rings. The van der Waals surface area contributed by atoms with E-state index in [1.807, 2.05) is 0 Å². The van der Waals surface area contributed by atoms with E-state index in [-0.39, 0.29) is 11.5 Å². The number of azide groups is 1. The maximum atomic E-state index is 12.1. The molecule has 0 fully saturated rings. The summed E-state index contributed by atoms with van der Waals surface area (Å²) in [6, 6.07) is 0.824. The number of anilines is 1. The Morgan fingerprint density at radius 2 is 2.17 bits per heavy atom. The molecule has 0 saturated heterocycles. The molecule has 0 saturated carbocycles. The molecule has 1 aromatic heterocycles. The van der Waals surface area contributed by atoms with E-state index in [1.54, 1.807) is 20.3 Å². The van der Waals surface area contributed by atoms with Gasteiger partial charge in [-0.2, -0.15) is 0 Å². The molecule has 18 heavy (non-hydrogen) atoms. The number of pyridine rings is 1. The van der Waals surface area contributed by atoms with Crippen LogP contribution in [0.2, 0.25) is 0 Å². The molecule has 0 spiro atoms. The summed E-state index contributed by atoms with van der Waals surface area (Å²) in [5.74, 6) is -0.245. The van der Waals surface area contributed by atoms with Gasteiger partial charge in [0.05, 0.1) is 5.69 Å². The van der Waals surface area contributed by atoms with E-state index in [0.717, 1.165) is 5.56 Å². The predicted octanol–water partition coefficient (Wildman–Crippen LogP) is 0.973. The highest BCUT2D eigenvalue weighted by molar-refractivity contribution is 5.98. The van der Waals surface area contributed by atoms with Gasteiger partial charge in [-0.3, -0.25) is 9.59 Å². The first-order valence-corrected chi connectivity index (χ1v) is 5.56. The van der Waals surface area contributed by atoms with Crippen molar-refractivity contribution in [2.24, 2.45) is 12.2 Å². The third-order valence-corrected chi connectivity index (χ3v) is 3.15. The van der Waals surface area contributed by atoms with Crippen molar-refractivity contribution in [3.05, 3.63) is 38.6 Å². The summed E-state index contributed by atoms with van der Waals surface area (Å²) in [6.07, 6.45) is 2.60. The molecule has 0 aromatic carbocycles. The van der Waals surface area contributed by atoms with Crippen LogP contribution in [0.4, 0.5) is 5.69 Å². The van der Waals surface area contributed by atoms with Gasteiger partial charge >= 0.3 is 0 Å². The van der Waals surface area contributed by atoms with Crippen LogP contribution in [0.3, 0.4) is 0 Å². The molecule has 0 radical (unpaired) electrons. The average Bonchev–Trinajstić information content (AvgIpc) is 2.45. The lowest BCUT2D eigenvalue weighted by Gasteiger charge is -2.19. The number of hydrogen-bond donors (Lipinski definition) is 0. The lowest BCUT2D eigenvalue weighted by atomic mass is 10.1. The van der Waals surface area contributed by atoms with Crippen LogP contribution in [0.1, 0.15) is 12.0 Å². The number of carbonyl (C=O) groups is 1. The Morgan fingerprint density at radius 3 is 2.83 bits per heavy atom. The zero-order chi connectivity index (χ0) is 13.3. The van der Waals surface area contributed by atoms with E-state index < -0.39 is 6.04 Å². The highest BCUT2D eigenvalue weighted by Gasteiger charge is 2.27. The number of rotatable bonds is 1. The molecule has 7 heteroatoms. The molecule has 2 heterocycles. The lowest BCUT2D eigenvalue weighted by molar-refractivity contribution is -0.119. The Kier molecular flexibility index (Phi) is 3.08. The van der Waals surface area contributed by atoms with Crippen LogP contribution in [-0.2, 0) is 18.3 Å². The van der Waals surface area contributed by atoms with E-state index in [2.05, 4.69) is 10.0 Å². The van der Waals surface area contributed by atoms with Gasteiger partial charge in [-0.05, 0) is 23.9 Å². The number of aryl methyl sites for hydroxylation is 2. The van der Waals surface area contributed by atoms with E-state index in [9.17, 15) is 9.59 Å². The number of amides is 1. The van der Waals surface area contributed by atoms with Crippen molar-refractivity contribution in [1.29, 1.82) is 0 Å². The lowest BCUT2D eigenvalue weighted by Crippen LogP contribution is -2.34. The van der Waals surface area contributed by atoms with Crippen molar-refractivity contribution in [3.63, 3.8) is 0 Å². The number of hydrogen-bond acceptors (Lipinski definition) is 3. The van der Waals surface area contributed by atoms with Crippen LogP contribution >= 0.6 is 0 Å². The molecule has 0 bridgehead atoms. The number of carbonyl (C=O) groups excluding carboxylic acids is 1. The number of fused-ring (bicyclic) bond motifs is 1. The summed E-state index contributed by atoms with van der Waals surface area (Å²) < 4.78 is 1.43. The first kappa shape index (κ1) is 12.2. The van der Waals surface area contributed by atoms with Gasteiger partial charge in [0.15, 0.2) is 0 Å². The molecular weight excluding hydrogens is 234 g/mol.